The van der Waals surface area contributed by atoms with Gasteiger partial charge >= 0.3 is 0 Å². The van der Waals surface area contributed by atoms with Gasteiger partial charge in [0.25, 0.3) is 0 Å². The van der Waals surface area contributed by atoms with Gasteiger partial charge in [-0.3, -0.25) is 5.43 Å². The van der Waals surface area contributed by atoms with Crippen molar-refractivity contribution in [3.63, 3.8) is 0 Å². The molecule has 2 heterocycles. The quantitative estimate of drug-likeness (QED) is 0.860. The minimum atomic E-state index is -3.13. The Kier molecular flexibility index (Phi) is 3.54. The lowest BCUT2D eigenvalue weighted by Gasteiger charge is -2.14. The Labute approximate surface area is 126 Å². The van der Waals surface area contributed by atoms with Gasteiger partial charge in [0.2, 0.25) is 0 Å². The Morgan fingerprint density at radius 2 is 1.95 bits per heavy atom. The lowest BCUT2D eigenvalue weighted by Crippen LogP contribution is -2.20. The molecule has 1 N–H and O–H groups in total. The first-order valence-corrected chi connectivity index (χ1v) is 8.86. The van der Waals surface area contributed by atoms with Gasteiger partial charge < -0.3 is 0 Å². The molecule has 1 aromatic heterocycles. The van der Waals surface area contributed by atoms with Crippen molar-refractivity contribution < 1.29 is 8.42 Å². The number of hydrazone groups is 1. The van der Waals surface area contributed by atoms with Gasteiger partial charge in [0, 0.05) is 17.0 Å². The molecule has 104 valence electrons. The molecule has 2 aromatic rings. The van der Waals surface area contributed by atoms with Crippen molar-refractivity contribution in [2.45, 2.75) is 10.6 Å². The second kappa shape index (κ2) is 5.20. The van der Waals surface area contributed by atoms with Crippen molar-refractivity contribution in [2.75, 3.05) is 11.2 Å². The third kappa shape index (κ3) is 2.59. The average molecular weight is 327 g/mol. The summed E-state index contributed by atoms with van der Waals surface area (Å²) in [5.74, 6) is 0.113. The maximum Gasteiger partial charge on any atom is 0.188 e. The van der Waals surface area contributed by atoms with Gasteiger partial charge in [-0.2, -0.15) is 5.10 Å². The van der Waals surface area contributed by atoms with E-state index in [1.807, 2.05) is 12.1 Å². The molecule has 4 nitrogen and oxygen atoms in total. The zero-order valence-corrected chi connectivity index (χ0v) is 12.7. The third-order valence-electron chi connectivity index (χ3n) is 2.99. The first kappa shape index (κ1) is 13.6. The second-order valence-corrected chi connectivity index (χ2v) is 8.02. The summed E-state index contributed by atoms with van der Waals surface area (Å²) in [5.41, 5.74) is 5.23. The SMILES string of the molecule is O=S1(=O)CC/C(=N/Nc2ccc(Cl)cc2)c2ccsc21. The lowest BCUT2D eigenvalue weighted by molar-refractivity contribution is 0.597. The van der Waals surface area contributed by atoms with Crippen molar-refractivity contribution in [1.82, 2.24) is 0 Å². The van der Waals surface area contributed by atoms with E-state index < -0.39 is 9.84 Å². The summed E-state index contributed by atoms with van der Waals surface area (Å²) >= 11 is 7.06. The fourth-order valence-electron chi connectivity index (χ4n) is 1.98. The molecule has 0 aliphatic carbocycles. The molecule has 3 rings (SSSR count). The van der Waals surface area contributed by atoms with Gasteiger partial charge in [-0.15, -0.1) is 11.3 Å². The van der Waals surface area contributed by atoms with Crippen LogP contribution in [0.1, 0.15) is 12.0 Å². The van der Waals surface area contributed by atoms with E-state index in [2.05, 4.69) is 10.5 Å². The van der Waals surface area contributed by atoms with E-state index in [9.17, 15) is 8.42 Å². The largest absolute Gasteiger partial charge is 0.278 e. The van der Waals surface area contributed by atoms with Gasteiger partial charge in [0.1, 0.15) is 4.21 Å². The van der Waals surface area contributed by atoms with Crippen LogP contribution in [0.3, 0.4) is 0 Å². The maximum atomic E-state index is 11.9. The number of benzene rings is 1. The van der Waals surface area contributed by atoms with Crippen LogP contribution < -0.4 is 5.43 Å². The monoisotopic (exact) mass is 326 g/mol. The topological polar surface area (TPSA) is 58.5 Å². The van der Waals surface area contributed by atoms with Gasteiger partial charge in [0.05, 0.1) is 17.2 Å². The number of halogens is 1. The predicted octanol–water partition coefficient (Wildman–Crippen LogP) is 3.40. The number of anilines is 1. The molecule has 1 aromatic carbocycles. The molecule has 0 spiro atoms. The van der Waals surface area contributed by atoms with Gasteiger partial charge in [-0.05, 0) is 35.7 Å². The zero-order chi connectivity index (χ0) is 14.2. The zero-order valence-electron chi connectivity index (χ0n) is 10.3. The standard InChI is InChI=1S/C13H11ClN2O2S2/c14-9-1-3-10(4-2-9)15-16-12-6-8-20(17,18)13-11(12)5-7-19-13/h1-5,7,15H,6,8H2/b16-12-. The second-order valence-electron chi connectivity index (χ2n) is 4.37. The number of nitrogens with one attached hydrogen (secondary N) is 1. The van der Waals surface area contributed by atoms with Gasteiger partial charge in [-0.25, -0.2) is 8.42 Å². The summed E-state index contributed by atoms with van der Waals surface area (Å²) in [6.07, 6.45) is 0.423. The number of sulfone groups is 1. The molecule has 0 unspecified atom stereocenters. The Hall–Kier alpha value is -1.37. The van der Waals surface area contributed by atoms with E-state index >= 15 is 0 Å². The molecule has 0 saturated heterocycles. The Morgan fingerprint density at radius 1 is 1.20 bits per heavy atom. The van der Waals surface area contributed by atoms with Crippen molar-refractivity contribution in [1.29, 1.82) is 0 Å². The molecule has 0 amide bonds. The van der Waals surface area contributed by atoms with Crippen LogP contribution in [0.15, 0.2) is 45.0 Å². The first-order valence-electron chi connectivity index (χ1n) is 5.95. The van der Waals surface area contributed by atoms with E-state index in [-0.39, 0.29) is 5.75 Å². The normalized spacial score (nSPS) is 18.8. The highest BCUT2D eigenvalue weighted by Crippen LogP contribution is 2.30. The molecule has 0 bridgehead atoms. The van der Waals surface area contributed by atoms with Crippen LogP contribution in [0.5, 0.6) is 0 Å². The predicted molar refractivity (Wildman–Crippen MR) is 82.6 cm³/mol. The maximum absolute atomic E-state index is 11.9. The molecule has 7 heteroatoms. The molecule has 0 saturated carbocycles. The third-order valence-corrected chi connectivity index (χ3v) is 6.53. The summed E-state index contributed by atoms with van der Waals surface area (Å²) in [4.78, 5) is 0. The summed E-state index contributed by atoms with van der Waals surface area (Å²) < 4.78 is 24.2. The van der Waals surface area contributed by atoms with Crippen LogP contribution in [0.2, 0.25) is 5.02 Å². The molecule has 0 fully saturated rings. The Morgan fingerprint density at radius 3 is 2.70 bits per heavy atom. The highest BCUT2D eigenvalue weighted by molar-refractivity contribution is 7.93. The van der Waals surface area contributed by atoms with Crippen LogP contribution in [-0.4, -0.2) is 19.9 Å². The number of nitrogens with zero attached hydrogens (tertiary/aromatic N) is 1. The van der Waals surface area contributed by atoms with Crippen molar-refractivity contribution >= 4 is 44.2 Å². The molecular formula is C13H11ClN2O2S2. The first-order chi connectivity index (χ1) is 9.56. The van der Waals surface area contributed by atoms with Crippen molar-refractivity contribution in [3.8, 4) is 0 Å². The van der Waals surface area contributed by atoms with Gasteiger partial charge in [0.15, 0.2) is 9.84 Å². The highest BCUT2D eigenvalue weighted by Gasteiger charge is 2.28. The minimum Gasteiger partial charge on any atom is -0.278 e. The highest BCUT2D eigenvalue weighted by atomic mass is 35.5. The summed E-state index contributed by atoms with van der Waals surface area (Å²) in [6, 6.07) is 8.98. The average Bonchev–Trinajstić information content (AvgIpc) is 2.91. The van der Waals surface area contributed by atoms with Gasteiger partial charge in [-0.1, -0.05) is 11.6 Å². The lowest BCUT2D eigenvalue weighted by atomic mass is 10.1. The molecule has 0 atom stereocenters. The molecule has 1 aliphatic rings. The number of hydrogen-bond acceptors (Lipinski definition) is 5. The number of rotatable bonds is 2. The smallest absolute Gasteiger partial charge is 0.188 e. The van der Waals surface area contributed by atoms with E-state index in [1.165, 1.54) is 11.3 Å². The number of fused-ring (bicyclic) bond motifs is 1. The van der Waals surface area contributed by atoms with Crippen LogP contribution >= 0.6 is 22.9 Å². The van der Waals surface area contributed by atoms with Crippen LogP contribution in [0.25, 0.3) is 0 Å². The fraction of sp³-hybridized carbons (Fsp3) is 0.154. The molecule has 0 radical (unpaired) electrons. The molecule has 1 aliphatic heterocycles. The Balaban J connectivity index is 1.89. The Bertz CT molecular complexity index is 764. The van der Waals surface area contributed by atoms with Crippen LogP contribution in [0, 0.1) is 0 Å². The summed E-state index contributed by atoms with van der Waals surface area (Å²) in [5, 5.41) is 6.77. The summed E-state index contributed by atoms with van der Waals surface area (Å²) in [6.45, 7) is 0. The van der Waals surface area contributed by atoms with Crippen molar-refractivity contribution in [3.05, 3.63) is 46.3 Å². The number of hydrogen-bond donors (Lipinski definition) is 1. The van der Waals surface area contributed by atoms with E-state index in [1.54, 1.807) is 23.6 Å². The van der Waals surface area contributed by atoms with Crippen molar-refractivity contribution in [2.24, 2.45) is 5.10 Å². The summed E-state index contributed by atoms with van der Waals surface area (Å²) in [7, 11) is -3.13. The van der Waals surface area contributed by atoms with E-state index in [0.717, 1.165) is 11.4 Å². The van der Waals surface area contributed by atoms with Crippen LogP contribution in [-0.2, 0) is 9.84 Å². The van der Waals surface area contributed by atoms with E-state index in [0.29, 0.717) is 21.2 Å². The molecule has 20 heavy (non-hydrogen) atoms. The van der Waals surface area contributed by atoms with E-state index in [4.69, 9.17) is 11.6 Å². The minimum absolute atomic E-state index is 0.113. The number of thiophene rings is 1. The fourth-order valence-corrected chi connectivity index (χ4v) is 4.92. The van der Waals surface area contributed by atoms with Crippen LogP contribution in [0.4, 0.5) is 5.69 Å². The molecular weight excluding hydrogens is 316 g/mol.